The summed E-state index contributed by atoms with van der Waals surface area (Å²) in [6.45, 7) is 5.64. The van der Waals surface area contributed by atoms with E-state index in [-0.39, 0.29) is 18.2 Å². The fraction of sp³-hybridized carbons (Fsp3) is 0.846. The van der Waals surface area contributed by atoms with E-state index in [1.54, 1.807) is 4.90 Å². The van der Waals surface area contributed by atoms with Crippen molar-refractivity contribution in [3.05, 3.63) is 0 Å². The van der Waals surface area contributed by atoms with Gasteiger partial charge in [0.25, 0.3) is 0 Å². The molecule has 0 aliphatic carbocycles. The van der Waals surface area contributed by atoms with Crippen LogP contribution in [0.2, 0.25) is 0 Å². The summed E-state index contributed by atoms with van der Waals surface area (Å²) in [5.74, 6) is -0.758. The maximum Gasteiger partial charge on any atom is 0.305 e. The van der Waals surface area contributed by atoms with E-state index in [0.29, 0.717) is 13.1 Å². The summed E-state index contributed by atoms with van der Waals surface area (Å²) in [5, 5.41) is 8.73. The molecule has 0 spiro atoms. The van der Waals surface area contributed by atoms with Crippen molar-refractivity contribution in [3.63, 3.8) is 0 Å². The van der Waals surface area contributed by atoms with Crippen molar-refractivity contribution in [2.45, 2.75) is 33.1 Å². The first-order valence-corrected chi connectivity index (χ1v) is 6.57. The van der Waals surface area contributed by atoms with E-state index >= 15 is 0 Å². The largest absolute Gasteiger partial charge is 0.481 e. The third-order valence-corrected chi connectivity index (χ3v) is 3.06. The SMILES string of the molecule is CCC(CC)C(=O)N(CCC(=O)O)CCN(C)C. The zero-order chi connectivity index (χ0) is 14.1. The van der Waals surface area contributed by atoms with Crippen molar-refractivity contribution in [3.8, 4) is 0 Å². The van der Waals surface area contributed by atoms with Crippen LogP contribution in [0.3, 0.4) is 0 Å². The predicted octanol–water partition coefficient (Wildman–Crippen LogP) is 1.29. The van der Waals surface area contributed by atoms with Gasteiger partial charge < -0.3 is 14.9 Å². The normalized spacial score (nSPS) is 11.0. The van der Waals surface area contributed by atoms with Crippen LogP contribution in [0.5, 0.6) is 0 Å². The molecular formula is C13H26N2O3. The van der Waals surface area contributed by atoms with Crippen LogP contribution in [-0.4, -0.2) is 60.5 Å². The highest BCUT2D eigenvalue weighted by Gasteiger charge is 2.21. The minimum Gasteiger partial charge on any atom is -0.481 e. The van der Waals surface area contributed by atoms with Crippen molar-refractivity contribution in [1.82, 2.24) is 9.80 Å². The van der Waals surface area contributed by atoms with Crippen LogP contribution in [0.25, 0.3) is 0 Å². The Morgan fingerprint density at radius 3 is 2.00 bits per heavy atom. The van der Waals surface area contributed by atoms with E-state index in [4.69, 9.17) is 5.11 Å². The first-order chi connectivity index (χ1) is 8.42. The molecule has 0 fully saturated rings. The molecule has 0 aliphatic rings. The summed E-state index contributed by atoms with van der Waals surface area (Å²) < 4.78 is 0. The molecule has 18 heavy (non-hydrogen) atoms. The summed E-state index contributed by atoms with van der Waals surface area (Å²) in [7, 11) is 3.88. The first kappa shape index (κ1) is 16.9. The number of carboxylic acids is 1. The van der Waals surface area contributed by atoms with Gasteiger partial charge in [0.1, 0.15) is 0 Å². The van der Waals surface area contributed by atoms with Crippen LogP contribution >= 0.6 is 0 Å². The number of likely N-dealkylation sites (N-methyl/N-ethyl adjacent to an activating group) is 1. The summed E-state index contributed by atoms with van der Waals surface area (Å²) in [4.78, 5) is 26.6. The molecule has 0 saturated heterocycles. The Labute approximate surface area is 110 Å². The third-order valence-electron chi connectivity index (χ3n) is 3.06. The standard InChI is InChI=1S/C13H26N2O3/c1-5-11(6-2)13(18)15(8-7-12(16)17)10-9-14(3)4/h11H,5-10H2,1-4H3,(H,16,17). The van der Waals surface area contributed by atoms with E-state index in [1.807, 2.05) is 32.8 Å². The lowest BCUT2D eigenvalue weighted by atomic mass is 10.0. The average molecular weight is 258 g/mol. The molecule has 0 unspecified atom stereocenters. The Bertz CT molecular complexity index is 263. The number of rotatable bonds is 9. The molecule has 0 aromatic heterocycles. The Balaban J connectivity index is 4.51. The first-order valence-electron chi connectivity index (χ1n) is 6.57. The molecule has 106 valence electrons. The Hall–Kier alpha value is -1.10. The number of hydrogen-bond donors (Lipinski definition) is 1. The van der Waals surface area contributed by atoms with Gasteiger partial charge in [0, 0.05) is 25.6 Å². The molecule has 0 saturated carbocycles. The second-order valence-corrected chi connectivity index (χ2v) is 4.79. The van der Waals surface area contributed by atoms with Gasteiger partial charge in [0.05, 0.1) is 6.42 Å². The van der Waals surface area contributed by atoms with Gasteiger partial charge in [-0.1, -0.05) is 13.8 Å². The van der Waals surface area contributed by atoms with E-state index in [9.17, 15) is 9.59 Å². The molecule has 0 aliphatic heterocycles. The number of hydrogen-bond acceptors (Lipinski definition) is 3. The molecule has 5 heteroatoms. The monoisotopic (exact) mass is 258 g/mol. The Kier molecular flexibility index (Phi) is 8.37. The molecular weight excluding hydrogens is 232 g/mol. The maximum atomic E-state index is 12.2. The van der Waals surface area contributed by atoms with Crippen LogP contribution in [-0.2, 0) is 9.59 Å². The lowest BCUT2D eigenvalue weighted by Gasteiger charge is -2.27. The minimum atomic E-state index is -0.859. The zero-order valence-corrected chi connectivity index (χ0v) is 12.0. The lowest BCUT2D eigenvalue weighted by molar-refractivity contribution is -0.140. The van der Waals surface area contributed by atoms with Crippen LogP contribution in [0.15, 0.2) is 0 Å². The Morgan fingerprint density at radius 2 is 1.61 bits per heavy atom. The fourth-order valence-corrected chi connectivity index (χ4v) is 1.78. The molecule has 0 aromatic carbocycles. The highest BCUT2D eigenvalue weighted by Crippen LogP contribution is 2.12. The van der Waals surface area contributed by atoms with Crippen LogP contribution in [0.4, 0.5) is 0 Å². The number of carboxylic acid groups (broad SMARTS) is 1. The third kappa shape index (κ3) is 6.59. The molecule has 0 rings (SSSR count). The second kappa shape index (κ2) is 8.91. The quantitative estimate of drug-likeness (QED) is 0.677. The Morgan fingerprint density at radius 1 is 1.06 bits per heavy atom. The van der Waals surface area contributed by atoms with E-state index in [2.05, 4.69) is 0 Å². The molecule has 0 bridgehead atoms. The van der Waals surface area contributed by atoms with Gasteiger partial charge in [-0.05, 0) is 26.9 Å². The van der Waals surface area contributed by atoms with Gasteiger partial charge in [-0.3, -0.25) is 9.59 Å². The highest BCUT2D eigenvalue weighted by molar-refractivity contribution is 5.79. The van der Waals surface area contributed by atoms with Gasteiger partial charge in [-0.15, -0.1) is 0 Å². The molecule has 5 nitrogen and oxygen atoms in total. The number of nitrogens with zero attached hydrogens (tertiary/aromatic N) is 2. The molecule has 0 heterocycles. The summed E-state index contributed by atoms with van der Waals surface area (Å²) >= 11 is 0. The minimum absolute atomic E-state index is 0.0132. The lowest BCUT2D eigenvalue weighted by Crippen LogP contribution is -2.41. The molecule has 0 atom stereocenters. The number of aliphatic carboxylic acids is 1. The van der Waals surface area contributed by atoms with Crippen molar-refractivity contribution in [2.24, 2.45) is 5.92 Å². The van der Waals surface area contributed by atoms with E-state index in [0.717, 1.165) is 19.4 Å². The van der Waals surface area contributed by atoms with Gasteiger partial charge in [-0.25, -0.2) is 0 Å². The predicted molar refractivity (Wildman–Crippen MR) is 71.5 cm³/mol. The number of carbonyl (C=O) groups is 2. The second-order valence-electron chi connectivity index (χ2n) is 4.79. The summed E-state index contributed by atoms with van der Waals surface area (Å²) in [6.07, 6.45) is 1.63. The maximum absolute atomic E-state index is 12.2. The van der Waals surface area contributed by atoms with Gasteiger partial charge in [0.15, 0.2) is 0 Å². The van der Waals surface area contributed by atoms with E-state index < -0.39 is 5.97 Å². The van der Waals surface area contributed by atoms with Gasteiger partial charge in [-0.2, -0.15) is 0 Å². The molecule has 0 aromatic rings. The van der Waals surface area contributed by atoms with Gasteiger partial charge >= 0.3 is 5.97 Å². The number of amides is 1. The van der Waals surface area contributed by atoms with Crippen molar-refractivity contribution in [1.29, 1.82) is 0 Å². The summed E-state index contributed by atoms with van der Waals surface area (Å²) in [6, 6.07) is 0. The topological polar surface area (TPSA) is 60.9 Å². The fourth-order valence-electron chi connectivity index (χ4n) is 1.78. The van der Waals surface area contributed by atoms with Crippen molar-refractivity contribution in [2.75, 3.05) is 33.7 Å². The zero-order valence-electron chi connectivity index (χ0n) is 12.0. The molecule has 1 amide bonds. The molecule has 0 radical (unpaired) electrons. The summed E-state index contributed by atoms with van der Waals surface area (Å²) in [5.41, 5.74) is 0. The van der Waals surface area contributed by atoms with Crippen molar-refractivity contribution < 1.29 is 14.7 Å². The van der Waals surface area contributed by atoms with Crippen LogP contribution in [0, 0.1) is 5.92 Å². The number of carbonyl (C=O) groups excluding carboxylic acids is 1. The van der Waals surface area contributed by atoms with E-state index in [1.165, 1.54) is 0 Å². The van der Waals surface area contributed by atoms with Crippen LogP contribution in [0.1, 0.15) is 33.1 Å². The van der Waals surface area contributed by atoms with Crippen molar-refractivity contribution >= 4 is 11.9 Å². The molecule has 1 N–H and O–H groups in total. The smallest absolute Gasteiger partial charge is 0.305 e. The average Bonchev–Trinajstić information content (AvgIpc) is 2.29. The van der Waals surface area contributed by atoms with Crippen LogP contribution < -0.4 is 0 Å². The highest BCUT2D eigenvalue weighted by atomic mass is 16.4. The van der Waals surface area contributed by atoms with Gasteiger partial charge in [0.2, 0.25) is 5.91 Å².